The van der Waals surface area contributed by atoms with Gasteiger partial charge in [-0.3, -0.25) is 4.90 Å². The van der Waals surface area contributed by atoms with Gasteiger partial charge in [0.05, 0.1) is 11.8 Å². The molecule has 0 spiro atoms. The van der Waals surface area contributed by atoms with E-state index in [9.17, 15) is 8.78 Å². The number of ether oxygens (including phenoxy) is 2. The third-order valence-corrected chi connectivity index (χ3v) is 6.12. The Morgan fingerprint density at radius 2 is 2.22 bits per heavy atom. The molecule has 32 heavy (non-hydrogen) atoms. The van der Waals surface area contributed by atoms with Gasteiger partial charge in [-0.15, -0.1) is 0 Å². The number of aromatic amines is 2. The van der Waals surface area contributed by atoms with Crippen LogP contribution in [0.5, 0.6) is 11.5 Å². The van der Waals surface area contributed by atoms with Gasteiger partial charge in [0.25, 0.3) is 0 Å². The molecule has 0 aliphatic carbocycles. The van der Waals surface area contributed by atoms with E-state index in [1.165, 1.54) is 18.5 Å². The van der Waals surface area contributed by atoms with Gasteiger partial charge < -0.3 is 19.4 Å². The minimum atomic E-state index is -0.631. The van der Waals surface area contributed by atoms with Gasteiger partial charge in [-0.2, -0.15) is 0 Å². The summed E-state index contributed by atoms with van der Waals surface area (Å²) >= 11 is 0. The number of nitrogens with zero attached hydrogens (tertiary/aromatic N) is 2. The zero-order chi connectivity index (χ0) is 22.5. The van der Waals surface area contributed by atoms with Crippen molar-refractivity contribution in [3.63, 3.8) is 0 Å². The molecule has 2 atom stereocenters. The monoisotopic (exact) mass is 438 g/mol. The minimum absolute atomic E-state index is 0.273. The van der Waals surface area contributed by atoms with Crippen LogP contribution < -0.4 is 9.47 Å². The average molecular weight is 438 g/mol. The van der Waals surface area contributed by atoms with Gasteiger partial charge in [-0.1, -0.05) is 6.08 Å². The van der Waals surface area contributed by atoms with E-state index in [4.69, 9.17) is 10.8 Å². The molecule has 8 heteroatoms. The molecule has 2 aromatic heterocycles. The van der Waals surface area contributed by atoms with Crippen LogP contribution >= 0.6 is 0 Å². The molecule has 0 saturated heterocycles. The molecule has 0 radical (unpaired) electrons. The van der Waals surface area contributed by atoms with Crippen LogP contribution in [0.1, 0.15) is 18.9 Å². The highest BCUT2D eigenvalue weighted by Gasteiger charge is 2.28. The van der Waals surface area contributed by atoms with E-state index in [1.807, 2.05) is 11.1 Å². The molecule has 0 bridgehead atoms. The Balaban J connectivity index is 1.20. The van der Waals surface area contributed by atoms with Gasteiger partial charge in [-0.05, 0) is 36.3 Å². The Labute approximate surface area is 184 Å². The normalized spacial score (nSPS) is 21.7. The van der Waals surface area contributed by atoms with Crippen molar-refractivity contribution < 1.29 is 19.6 Å². The standard InChI is InChI=1S/C24H22F2N4O2/c25-9-15-7-21-24(23-22(15)28-13-29-23)32-17(12-31-21)11-30-5-3-14(4-6-30)19-10-27-20-2-1-16(26)8-18(19)20/h1-3,7-8,10,13,17,27H,4-6,9,11-12H2,(H,28,29)/i6T. The summed E-state index contributed by atoms with van der Waals surface area (Å²) in [6, 6.07) is 6.34. The number of fused-ring (bicyclic) bond motifs is 4. The number of hydrogen-bond donors (Lipinski definition) is 2. The van der Waals surface area contributed by atoms with Gasteiger partial charge in [0.2, 0.25) is 0 Å². The Kier molecular flexibility index (Phi) is 4.34. The van der Waals surface area contributed by atoms with Gasteiger partial charge in [0.1, 0.15) is 30.7 Å². The quantitative estimate of drug-likeness (QED) is 0.490. The fraction of sp³-hybridized carbons (Fsp3) is 0.292. The maximum atomic E-state index is 13.8. The fourth-order valence-corrected chi connectivity index (χ4v) is 4.53. The Morgan fingerprint density at radius 1 is 1.28 bits per heavy atom. The van der Waals surface area contributed by atoms with Crippen LogP contribution in [0.15, 0.2) is 42.9 Å². The molecule has 2 aliphatic heterocycles. The van der Waals surface area contributed by atoms with E-state index in [0.717, 1.165) is 22.0 Å². The molecule has 4 aromatic rings. The van der Waals surface area contributed by atoms with E-state index in [2.05, 4.69) is 21.0 Å². The van der Waals surface area contributed by atoms with E-state index in [0.29, 0.717) is 54.2 Å². The number of imidazole rings is 1. The number of H-pyrrole nitrogens is 2. The minimum Gasteiger partial charge on any atom is -0.486 e. The second-order valence-corrected chi connectivity index (χ2v) is 8.14. The zero-order valence-corrected chi connectivity index (χ0v) is 17.2. The summed E-state index contributed by atoms with van der Waals surface area (Å²) < 4.78 is 47.9. The lowest BCUT2D eigenvalue weighted by Crippen LogP contribution is -2.42. The van der Waals surface area contributed by atoms with E-state index in [1.54, 1.807) is 12.1 Å². The van der Waals surface area contributed by atoms with Crippen LogP contribution in [0.3, 0.4) is 0 Å². The molecule has 0 saturated carbocycles. The molecule has 164 valence electrons. The third kappa shape index (κ3) is 3.22. The topological polar surface area (TPSA) is 66.2 Å². The summed E-state index contributed by atoms with van der Waals surface area (Å²) in [7, 11) is 0. The zero-order valence-electron chi connectivity index (χ0n) is 18.2. The highest BCUT2D eigenvalue weighted by atomic mass is 19.1. The van der Waals surface area contributed by atoms with Crippen LogP contribution in [-0.2, 0) is 6.67 Å². The van der Waals surface area contributed by atoms with Crippen molar-refractivity contribution in [2.24, 2.45) is 0 Å². The largest absolute Gasteiger partial charge is 0.486 e. The van der Waals surface area contributed by atoms with Crippen molar-refractivity contribution in [3.05, 3.63) is 59.8 Å². The summed E-state index contributed by atoms with van der Waals surface area (Å²) in [5.41, 5.74) is 4.48. The Bertz CT molecular complexity index is 1380. The fourth-order valence-electron chi connectivity index (χ4n) is 4.53. The van der Waals surface area contributed by atoms with Crippen molar-refractivity contribution in [1.82, 2.24) is 19.9 Å². The summed E-state index contributed by atoms with van der Waals surface area (Å²) in [6.07, 6.45) is 5.75. The number of halogens is 2. The summed E-state index contributed by atoms with van der Waals surface area (Å²) in [6.45, 7) is 0.321. The third-order valence-electron chi connectivity index (χ3n) is 6.12. The lowest BCUT2D eigenvalue weighted by Gasteiger charge is -2.33. The lowest BCUT2D eigenvalue weighted by atomic mass is 9.98. The maximum Gasteiger partial charge on any atom is 0.187 e. The molecule has 2 N–H and O–H groups in total. The molecule has 6 nitrogen and oxygen atoms in total. The number of rotatable bonds is 4. The van der Waals surface area contributed by atoms with E-state index >= 15 is 0 Å². The summed E-state index contributed by atoms with van der Waals surface area (Å²) in [5, 5.41) is 0.832. The van der Waals surface area contributed by atoms with Gasteiger partial charge in [0.15, 0.2) is 11.5 Å². The maximum absolute atomic E-state index is 13.8. The number of alkyl halides is 1. The van der Waals surface area contributed by atoms with Crippen molar-refractivity contribution in [2.45, 2.75) is 19.2 Å². The van der Waals surface area contributed by atoms with E-state index in [-0.39, 0.29) is 11.9 Å². The first kappa shape index (κ1) is 18.2. The SMILES string of the molecule is [3H]C1CC(c2c[nH]c3ccc(F)cc23)=CCN1CC1COc2cc(CF)c3nc[nH]c3c2O1. The second kappa shape index (κ2) is 7.63. The number of nitrogens with one attached hydrogen (secondary N) is 2. The molecule has 0 amide bonds. The van der Waals surface area contributed by atoms with Crippen LogP contribution in [0.4, 0.5) is 8.78 Å². The molecule has 0 fully saturated rings. The first-order valence-electron chi connectivity index (χ1n) is 11.1. The van der Waals surface area contributed by atoms with Crippen LogP contribution in [-0.4, -0.2) is 52.2 Å². The van der Waals surface area contributed by atoms with Crippen molar-refractivity contribution in [3.8, 4) is 11.5 Å². The second-order valence-electron chi connectivity index (χ2n) is 8.14. The first-order valence-corrected chi connectivity index (χ1v) is 10.6. The highest BCUT2D eigenvalue weighted by Crippen LogP contribution is 2.40. The molecule has 4 heterocycles. The van der Waals surface area contributed by atoms with E-state index < -0.39 is 13.2 Å². The lowest BCUT2D eigenvalue weighted by molar-refractivity contribution is 0.0629. The van der Waals surface area contributed by atoms with Gasteiger partial charge in [0, 0.05) is 49.2 Å². The van der Waals surface area contributed by atoms with Crippen molar-refractivity contribution >= 4 is 27.5 Å². The molecule has 2 unspecified atom stereocenters. The summed E-state index contributed by atoms with van der Waals surface area (Å²) in [4.78, 5) is 12.4. The smallest absolute Gasteiger partial charge is 0.187 e. The first-order chi connectivity index (χ1) is 16.1. The molecular formula is C24H22F2N4O2. The Hall–Kier alpha value is -3.39. The molecule has 2 aliphatic rings. The van der Waals surface area contributed by atoms with Crippen molar-refractivity contribution in [1.29, 1.82) is 0 Å². The summed E-state index contributed by atoms with van der Waals surface area (Å²) in [5.74, 6) is 0.764. The number of benzene rings is 2. The van der Waals surface area contributed by atoms with Crippen LogP contribution in [0.2, 0.25) is 0 Å². The predicted molar refractivity (Wildman–Crippen MR) is 118 cm³/mol. The van der Waals surface area contributed by atoms with Crippen molar-refractivity contribution in [2.75, 3.05) is 26.2 Å². The van der Waals surface area contributed by atoms with Gasteiger partial charge in [-0.25, -0.2) is 13.8 Å². The molecular weight excluding hydrogens is 414 g/mol. The van der Waals surface area contributed by atoms with Gasteiger partial charge >= 0.3 is 0 Å². The highest BCUT2D eigenvalue weighted by molar-refractivity contribution is 5.93. The Morgan fingerprint density at radius 3 is 3.09 bits per heavy atom. The molecule has 2 aromatic carbocycles. The van der Waals surface area contributed by atoms with Crippen LogP contribution in [0.25, 0.3) is 27.5 Å². The average Bonchev–Trinajstić information content (AvgIpc) is 3.47. The van der Waals surface area contributed by atoms with Crippen LogP contribution in [0, 0.1) is 5.82 Å². The molecule has 6 rings (SSSR count). The number of aromatic nitrogens is 3. The number of hydrogen-bond acceptors (Lipinski definition) is 4. The predicted octanol–water partition coefficient (Wildman–Crippen LogP) is 4.58.